The van der Waals surface area contributed by atoms with Gasteiger partial charge in [0.1, 0.15) is 0 Å². The predicted molar refractivity (Wildman–Crippen MR) is 79.3 cm³/mol. The first kappa shape index (κ1) is 17.0. The van der Waals surface area contributed by atoms with Crippen LogP contribution in [0.4, 0.5) is 5.69 Å². The van der Waals surface area contributed by atoms with Gasteiger partial charge in [0.25, 0.3) is 0 Å². The zero-order chi connectivity index (χ0) is 15.9. The van der Waals surface area contributed by atoms with Gasteiger partial charge in [0.05, 0.1) is 17.7 Å². The lowest BCUT2D eigenvalue weighted by molar-refractivity contribution is -0.137. The zero-order valence-corrected chi connectivity index (χ0v) is 12.4. The summed E-state index contributed by atoms with van der Waals surface area (Å²) >= 11 is 0. The fourth-order valence-corrected chi connectivity index (χ4v) is 2.41. The molecule has 3 N–H and O–H groups in total. The van der Waals surface area contributed by atoms with E-state index in [9.17, 15) is 13.2 Å². The lowest BCUT2D eigenvalue weighted by atomic mass is 10.0. The topological polar surface area (TPSA) is 116 Å². The summed E-state index contributed by atoms with van der Waals surface area (Å²) < 4.78 is 25.0. The molecular weight excluding hydrogens is 296 g/mol. The van der Waals surface area contributed by atoms with E-state index in [1.54, 1.807) is 24.3 Å². The lowest BCUT2D eigenvalue weighted by Gasteiger charge is -2.11. The van der Waals surface area contributed by atoms with Crippen LogP contribution in [0.5, 0.6) is 0 Å². The second-order valence-corrected chi connectivity index (χ2v) is 6.32. The number of hydrogen-bond acceptors (Lipinski definition) is 5. The van der Waals surface area contributed by atoms with Crippen LogP contribution in [-0.2, 0) is 14.8 Å². The molecule has 7 nitrogen and oxygen atoms in total. The highest BCUT2D eigenvalue weighted by Crippen LogP contribution is 2.20. The molecule has 0 radical (unpaired) electrons. The van der Waals surface area contributed by atoms with Gasteiger partial charge in [-0.15, -0.1) is 0 Å². The van der Waals surface area contributed by atoms with Crippen molar-refractivity contribution in [1.29, 1.82) is 0 Å². The minimum atomic E-state index is -3.44. The van der Waals surface area contributed by atoms with Crippen molar-refractivity contribution in [2.75, 3.05) is 11.0 Å². The second-order valence-electron chi connectivity index (χ2n) is 4.57. The van der Waals surface area contributed by atoms with Crippen LogP contribution in [-0.4, -0.2) is 36.7 Å². The fourth-order valence-electron chi connectivity index (χ4n) is 1.83. The molecule has 0 aromatic heterocycles. The number of para-hydroxylation sites is 1. The van der Waals surface area contributed by atoms with Crippen LogP contribution in [0.25, 0.3) is 0 Å². The number of carbonyl (C=O) groups is 1. The minimum Gasteiger partial charge on any atom is -0.481 e. The average Bonchev–Trinajstić information content (AvgIpc) is 2.38. The Balaban J connectivity index is 2.84. The Labute approximate surface area is 123 Å². The summed E-state index contributed by atoms with van der Waals surface area (Å²) in [5.41, 5.74) is 1.11. The van der Waals surface area contributed by atoms with Gasteiger partial charge in [0.15, 0.2) is 0 Å². The molecule has 1 rings (SSSR count). The van der Waals surface area contributed by atoms with Crippen LogP contribution in [0.1, 0.15) is 31.2 Å². The lowest BCUT2D eigenvalue weighted by Crippen LogP contribution is -2.13. The number of hydrogen-bond donors (Lipinski definition) is 3. The van der Waals surface area contributed by atoms with E-state index >= 15 is 0 Å². The van der Waals surface area contributed by atoms with Crippen molar-refractivity contribution in [3.63, 3.8) is 0 Å². The van der Waals surface area contributed by atoms with E-state index in [1.807, 2.05) is 0 Å². The molecule has 0 bridgehead atoms. The third-order valence-corrected chi connectivity index (χ3v) is 3.30. The molecule has 0 unspecified atom stereocenters. The van der Waals surface area contributed by atoms with Crippen LogP contribution < -0.4 is 4.72 Å². The number of nitrogens with zero attached hydrogens (tertiary/aromatic N) is 1. The van der Waals surface area contributed by atoms with Gasteiger partial charge in [-0.3, -0.25) is 9.52 Å². The molecule has 0 atom stereocenters. The van der Waals surface area contributed by atoms with Crippen LogP contribution >= 0.6 is 0 Å². The fraction of sp³-hybridized carbons (Fsp3) is 0.385. The summed E-state index contributed by atoms with van der Waals surface area (Å²) in [5, 5.41) is 20.9. The molecule has 1 aromatic rings. The van der Waals surface area contributed by atoms with Gasteiger partial charge in [-0.1, -0.05) is 23.4 Å². The second kappa shape index (κ2) is 7.63. The summed E-state index contributed by atoms with van der Waals surface area (Å²) in [5.74, 6) is -0.878. The molecule has 0 spiro atoms. The number of unbranched alkanes of at least 4 members (excludes halogenated alkanes) is 1. The number of rotatable bonds is 8. The zero-order valence-electron chi connectivity index (χ0n) is 11.6. The van der Waals surface area contributed by atoms with Crippen molar-refractivity contribution < 1.29 is 23.5 Å². The van der Waals surface area contributed by atoms with Crippen LogP contribution in [0.3, 0.4) is 0 Å². The van der Waals surface area contributed by atoms with Crippen LogP contribution in [0.15, 0.2) is 29.4 Å². The highest BCUT2D eigenvalue weighted by Gasteiger charge is 2.12. The first-order valence-corrected chi connectivity index (χ1v) is 8.22. The van der Waals surface area contributed by atoms with Gasteiger partial charge >= 0.3 is 5.97 Å². The van der Waals surface area contributed by atoms with Crippen molar-refractivity contribution in [3.8, 4) is 0 Å². The van der Waals surface area contributed by atoms with E-state index in [2.05, 4.69) is 9.88 Å². The van der Waals surface area contributed by atoms with E-state index in [0.29, 0.717) is 36.2 Å². The largest absolute Gasteiger partial charge is 0.481 e. The van der Waals surface area contributed by atoms with E-state index in [1.165, 1.54) is 0 Å². The third-order valence-electron chi connectivity index (χ3n) is 2.71. The van der Waals surface area contributed by atoms with Crippen molar-refractivity contribution in [2.24, 2.45) is 5.16 Å². The Morgan fingerprint density at radius 1 is 1.24 bits per heavy atom. The molecule has 0 heterocycles. The number of nitrogens with one attached hydrogen (secondary N) is 1. The maximum Gasteiger partial charge on any atom is 0.303 e. The number of benzene rings is 1. The Kier molecular flexibility index (Phi) is 6.16. The van der Waals surface area contributed by atoms with Crippen molar-refractivity contribution in [1.82, 2.24) is 0 Å². The number of aliphatic carboxylic acids is 1. The first-order valence-electron chi connectivity index (χ1n) is 6.33. The molecule has 0 saturated heterocycles. The summed E-state index contributed by atoms with van der Waals surface area (Å²) in [7, 11) is -3.44. The maximum atomic E-state index is 11.3. The first-order chi connectivity index (χ1) is 9.83. The van der Waals surface area contributed by atoms with Crippen molar-refractivity contribution >= 4 is 27.4 Å². The molecule has 0 fully saturated rings. The molecule has 0 aliphatic rings. The van der Waals surface area contributed by atoms with Crippen LogP contribution in [0.2, 0.25) is 0 Å². The average molecular weight is 314 g/mol. The Bertz CT molecular complexity index is 625. The molecule has 116 valence electrons. The highest BCUT2D eigenvalue weighted by atomic mass is 32.2. The van der Waals surface area contributed by atoms with E-state index in [0.717, 1.165) is 6.26 Å². The normalized spacial score (nSPS) is 12.1. The third kappa shape index (κ3) is 6.26. The van der Waals surface area contributed by atoms with Gasteiger partial charge < -0.3 is 10.3 Å². The predicted octanol–water partition coefficient (Wildman–Crippen LogP) is 1.88. The SMILES string of the molecule is CS(=O)(=O)Nc1ccccc1/C(CCCCC(=O)O)=N\O. The molecule has 0 aliphatic heterocycles. The Hall–Kier alpha value is -2.09. The summed E-state index contributed by atoms with van der Waals surface area (Å²) in [4.78, 5) is 10.4. The maximum absolute atomic E-state index is 11.3. The number of anilines is 1. The summed E-state index contributed by atoms with van der Waals surface area (Å²) in [6, 6.07) is 6.57. The number of sulfonamides is 1. The molecule has 0 aliphatic carbocycles. The molecule has 0 saturated carbocycles. The van der Waals surface area contributed by atoms with Gasteiger partial charge in [-0.25, -0.2) is 8.42 Å². The molecule has 21 heavy (non-hydrogen) atoms. The monoisotopic (exact) mass is 314 g/mol. The van der Waals surface area contributed by atoms with E-state index in [-0.39, 0.29) is 6.42 Å². The quantitative estimate of drug-likeness (QED) is 0.293. The summed E-state index contributed by atoms with van der Waals surface area (Å²) in [6.07, 6.45) is 2.41. The van der Waals surface area contributed by atoms with E-state index < -0.39 is 16.0 Å². The van der Waals surface area contributed by atoms with Gasteiger partial charge in [0.2, 0.25) is 10.0 Å². The summed E-state index contributed by atoms with van der Waals surface area (Å²) in [6.45, 7) is 0. The number of oxime groups is 1. The van der Waals surface area contributed by atoms with Gasteiger partial charge in [-0.2, -0.15) is 0 Å². The Morgan fingerprint density at radius 2 is 1.86 bits per heavy atom. The van der Waals surface area contributed by atoms with Gasteiger partial charge in [-0.05, 0) is 25.3 Å². The minimum absolute atomic E-state index is 0.0436. The van der Waals surface area contributed by atoms with E-state index in [4.69, 9.17) is 10.3 Å². The van der Waals surface area contributed by atoms with Crippen molar-refractivity contribution in [2.45, 2.75) is 25.7 Å². The molecule has 8 heteroatoms. The standard InChI is InChI=1S/C13H18N2O5S/c1-21(19,20)15-12-8-3-2-6-10(12)11(14-18)7-4-5-9-13(16)17/h2-3,6,8,15,18H,4-5,7,9H2,1H3,(H,16,17)/b14-11-. The molecule has 1 aromatic carbocycles. The number of carboxylic acids is 1. The van der Waals surface area contributed by atoms with Crippen molar-refractivity contribution in [3.05, 3.63) is 29.8 Å². The molecular formula is C13H18N2O5S. The van der Waals surface area contributed by atoms with Crippen LogP contribution in [0, 0.1) is 0 Å². The molecule has 0 amide bonds. The van der Waals surface area contributed by atoms with Gasteiger partial charge in [0, 0.05) is 12.0 Å². The highest BCUT2D eigenvalue weighted by molar-refractivity contribution is 7.92. The smallest absolute Gasteiger partial charge is 0.303 e. The Morgan fingerprint density at radius 3 is 2.43 bits per heavy atom. The number of carboxylic acid groups (broad SMARTS) is 1.